The van der Waals surface area contributed by atoms with Crippen LogP contribution in [0.3, 0.4) is 0 Å². The maximum atomic E-state index is 12.4. The number of nitrogens with one attached hydrogen (secondary N) is 8. The van der Waals surface area contributed by atoms with Crippen LogP contribution in [0.4, 0.5) is 34.1 Å². The highest BCUT2D eigenvalue weighted by molar-refractivity contribution is 6.07. The van der Waals surface area contributed by atoms with Crippen molar-refractivity contribution in [3.63, 3.8) is 0 Å². The number of carbonyl (C=O) groups is 1. The molecule has 0 saturated carbocycles. The summed E-state index contributed by atoms with van der Waals surface area (Å²) in [5.41, 5.74) is -0.0635. The Balaban J connectivity index is 1.08. The summed E-state index contributed by atoms with van der Waals surface area (Å²) in [7, 11) is 8.00. The van der Waals surface area contributed by atoms with E-state index < -0.39 is 38.7 Å². The van der Waals surface area contributed by atoms with Gasteiger partial charge in [0.05, 0.1) is 5.70 Å². The lowest BCUT2D eigenvalue weighted by atomic mass is 9.95. The highest BCUT2D eigenvalue weighted by Crippen LogP contribution is 2.21. The Labute approximate surface area is 374 Å². The van der Waals surface area contributed by atoms with Crippen molar-refractivity contribution in [2.45, 2.75) is 57.5 Å². The van der Waals surface area contributed by atoms with Crippen LogP contribution in [0.1, 0.15) is 51.4 Å². The lowest BCUT2D eigenvalue weighted by Crippen LogP contribution is -2.48. The van der Waals surface area contributed by atoms with E-state index >= 15 is 0 Å². The van der Waals surface area contributed by atoms with Crippen LogP contribution in [0.25, 0.3) is 0 Å². The number of carbonyl (C=O) groups excluding carboxylic acids is 1. The lowest BCUT2D eigenvalue weighted by molar-refractivity contribution is -0.125. The molecule has 2 aliphatic rings. The predicted octanol–water partition coefficient (Wildman–Crippen LogP) is -1.46. The summed E-state index contributed by atoms with van der Waals surface area (Å²) in [6.07, 6.45) is 4.95. The Kier molecular flexibility index (Phi) is 19.3. The number of Topliss-reactive ketones (excluding diaryl/α,β-unsaturated/α-hetero) is 1. The average molecular weight is 895 g/mol. The molecule has 354 valence electrons. The Morgan fingerprint density at radius 3 is 0.781 bits per heavy atom. The highest BCUT2D eigenvalue weighted by atomic mass is 16.3. The average Bonchev–Trinajstić information content (AvgIpc) is 3.29. The summed E-state index contributed by atoms with van der Waals surface area (Å²) in [6, 6.07) is 0. The van der Waals surface area contributed by atoms with Crippen molar-refractivity contribution in [3.05, 3.63) is 72.7 Å². The molecule has 20 heteroatoms. The first-order valence-electron chi connectivity index (χ1n) is 22.9. The van der Waals surface area contributed by atoms with Gasteiger partial charge >= 0.3 is 0 Å². The molecule has 9 N–H and O–H groups in total. The smallest absolute Gasteiger partial charge is 0.253 e. The first kappa shape index (κ1) is 49.9. The Bertz CT molecular complexity index is 2240. The zero-order valence-electron chi connectivity index (χ0n) is 38.1. The zero-order valence-corrected chi connectivity index (χ0v) is 38.1. The van der Waals surface area contributed by atoms with Gasteiger partial charge in [0.25, 0.3) is 32.6 Å². The fourth-order valence-corrected chi connectivity index (χ4v) is 7.97. The van der Waals surface area contributed by atoms with E-state index in [2.05, 4.69) is 62.1 Å². The van der Waals surface area contributed by atoms with Gasteiger partial charge in [0.15, 0.2) is 6.10 Å². The molecule has 3 aromatic rings. The van der Waals surface area contributed by atoms with E-state index in [9.17, 15) is 38.7 Å². The van der Waals surface area contributed by atoms with Gasteiger partial charge in [-0.3, -0.25) is 33.6 Å². The zero-order chi connectivity index (χ0) is 46.2. The number of ketones is 1. The van der Waals surface area contributed by atoms with Crippen LogP contribution < -0.4 is 75.1 Å². The van der Waals surface area contributed by atoms with Gasteiger partial charge in [0, 0.05) is 52.4 Å². The number of fused-ring (bicyclic) bond motifs is 3. The van der Waals surface area contributed by atoms with Crippen molar-refractivity contribution < 1.29 is 9.90 Å². The monoisotopic (exact) mass is 895 g/mol. The van der Waals surface area contributed by atoms with Gasteiger partial charge < -0.3 is 67.2 Å². The molecule has 0 fully saturated rings. The second-order valence-electron chi connectivity index (χ2n) is 17.2. The van der Waals surface area contributed by atoms with E-state index in [1.807, 2.05) is 28.2 Å². The summed E-state index contributed by atoms with van der Waals surface area (Å²) >= 11 is 0. The molecule has 1 atom stereocenters. The van der Waals surface area contributed by atoms with Gasteiger partial charge in [-0.1, -0.05) is 0 Å². The molecule has 0 saturated heterocycles. The molecule has 1 aliphatic carbocycles. The minimum Gasteiger partial charge on any atom is -0.384 e. The van der Waals surface area contributed by atoms with Crippen LogP contribution in [0.15, 0.2) is 40.2 Å². The maximum Gasteiger partial charge on any atom is 0.253 e. The number of anilines is 6. The molecule has 20 nitrogen and oxygen atoms in total. The van der Waals surface area contributed by atoms with Crippen LogP contribution >= 0.6 is 0 Å². The van der Waals surface area contributed by atoms with Crippen LogP contribution in [-0.4, -0.2) is 170 Å². The minimum absolute atomic E-state index is 0.316. The van der Waals surface area contributed by atoms with Crippen LogP contribution in [0, 0.1) is 0 Å². The van der Waals surface area contributed by atoms with Crippen molar-refractivity contribution >= 4 is 39.9 Å². The van der Waals surface area contributed by atoms with Crippen molar-refractivity contribution in [1.82, 2.24) is 30.2 Å². The number of rotatable bonds is 0. The van der Waals surface area contributed by atoms with E-state index in [0.29, 0.717) is 97.9 Å². The quantitative estimate of drug-likeness (QED) is 0.117. The number of nitrogens with zero attached hydrogens (tertiary/aromatic N) is 4. The third-order valence-corrected chi connectivity index (χ3v) is 11.9. The standard InChI is InChI=1S/C44H70N12O8/c1-53-21-5-13-45-29-31(39(59)37(29)57)47-15-7-23-54(2)25-9-17-49-33-35(43(63)41(33)61)51-19-11-27-56(4)28-12-20-52-36-34(42(62)44(36)64)50-18-10-26-55(3)24-8-16-48-32-30(38(58)40(32)60)46-14-6-22-53/h37,45-52,57H,5-28H2,1-4H3. The van der Waals surface area contributed by atoms with Crippen molar-refractivity contribution in [3.8, 4) is 0 Å². The maximum absolute atomic E-state index is 12.4. The third kappa shape index (κ3) is 13.4. The molecule has 64 heavy (non-hydrogen) atoms. The van der Waals surface area contributed by atoms with Crippen molar-refractivity contribution in [2.24, 2.45) is 0 Å². The van der Waals surface area contributed by atoms with Gasteiger partial charge in [-0.15, -0.1) is 0 Å². The molecule has 0 aromatic heterocycles. The summed E-state index contributed by atoms with van der Waals surface area (Å²) in [6.45, 7) is 10.5. The van der Waals surface area contributed by atoms with Gasteiger partial charge in [-0.25, -0.2) is 0 Å². The van der Waals surface area contributed by atoms with E-state index in [1.54, 1.807) is 0 Å². The second kappa shape index (κ2) is 24.8. The summed E-state index contributed by atoms with van der Waals surface area (Å²) in [5, 5.41) is 35.5. The molecule has 1 heterocycles. The van der Waals surface area contributed by atoms with Crippen molar-refractivity contribution in [1.29, 1.82) is 0 Å². The SMILES string of the molecule is CN1CCCNC2=C(NCCCN(C)CCCNc3c(c(=O)c3=O)NCCCN(C)CCCNc3c(c(=O)c3=O)NCCCN(C)CCCNc3c(c(=O)c3=O)NCCC1)C(O)C2=O. The predicted molar refractivity (Wildman–Crippen MR) is 256 cm³/mol. The summed E-state index contributed by atoms with van der Waals surface area (Å²) in [4.78, 5) is 94.8. The molecular weight excluding hydrogens is 825 g/mol. The fraction of sp³-hybridized carbons (Fsp3) is 0.659. The van der Waals surface area contributed by atoms with E-state index in [0.717, 1.165) is 104 Å². The molecule has 0 spiro atoms. The molecule has 1 unspecified atom stereocenters. The first-order chi connectivity index (χ1) is 30.8. The van der Waals surface area contributed by atoms with Crippen LogP contribution in [0.2, 0.25) is 0 Å². The topological polar surface area (TPSA) is 249 Å². The van der Waals surface area contributed by atoms with E-state index in [1.165, 1.54) is 0 Å². The molecule has 0 radical (unpaired) electrons. The first-order valence-corrected chi connectivity index (χ1v) is 22.9. The third-order valence-electron chi connectivity index (χ3n) is 11.9. The molecule has 5 rings (SSSR count). The van der Waals surface area contributed by atoms with E-state index in [4.69, 9.17) is 0 Å². The normalized spacial score (nSPS) is 21.6. The van der Waals surface area contributed by atoms with Gasteiger partial charge in [0.2, 0.25) is 5.78 Å². The van der Waals surface area contributed by atoms with E-state index in [-0.39, 0.29) is 5.78 Å². The van der Waals surface area contributed by atoms with Gasteiger partial charge in [-0.2, -0.15) is 0 Å². The Morgan fingerprint density at radius 1 is 0.344 bits per heavy atom. The summed E-state index contributed by atoms with van der Waals surface area (Å²) < 4.78 is 0. The molecule has 0 bridgehead atoms. The largest absolute Gasteiger partial charge is 0.384 e. The summed E-state index contributed by atoms with van der Waals surface area (Å²) in [5.74, 6) is -0.316. The minimum atomic E-state index is -1.14. The molecule has 0 amide bonds. The lowest BCUT2D eigenvalue weighted by Gasteiger charge is -2.30. The number of aliphatic hydroxyl groups is 1. The Hall–Kier alpha value is -5.15. The highest BCUT2D eigenvalue weighted by Gasteiger charge is 2.37. The Morgan fingerprint density at radius 2 is 0.547 bits per heavy atom. The fourth-order valence-electron chi connectivity index (χ4n) is 7.97. The van der Waals surface area contributed by atoms with Crippen LogP contribution in [0.5, 0.6) is 0 Å². The number of hydrogen-bond donors (Lipinski definition) is 9. The van der Waals surface area contributed by atoms with Gasteiger partial charge in [-0.05, 0) is 132 Å². The molecular formula is C44H70N12O8. The molecule has 3 aromatic carbocycles. The number of aliphatic hydroxyl groups excluding tert-OH is 1. The van der Waals surface area contributed by atoms with Crippen molar-refractivity contribution in [2.75, 3.05) is 165 Å². The number of hydrogen-bond acceptors (Lipinski definition) is 20. The molecule has 1 aliphatic heterocycles. The second-order valence-corrected chi connectivity index (χ2v) is 17.2. The van der Waals surface area contributed by atoms with Gasteiger partial charge in [0.1, 0.15) is 39.8 Å². The van der Waals surface area contributed by atoms with Crippen LogP contribution in [-0.2, 0) is 4.79 Å².